The van der Waals surface area contributed by atoms with Gasteiger partial charge in [0.15, 0.2) is 0 Å². The van der Waals surface area contributed by atoms with Crippen LogP contribution < -0.4 is 10.2 Å². The molecule has 4 aromatic carbocycles. The van der Waals surface area contributed by atoms with Gasteiger partial charge in [-0.1, -0.05) is 72.8 Å². The number of benzene rings is 4. The summed E-state index contributed by atoms with van der Waals surface area (Å²) in [4.78, 5) is 12.3. The molecule has 4 rings (SSSR count). The van der Waals surface area contributed by atoms with Gasteiger partial charge >= 0.3 is 0 Å². The maximum absolute atomic E-state index is 12.3. The third-order valence-corrected chi connectivity index (χ3v) is 4.89. The molecule has 0 aliphatic rings. The molecule has 32 heavy (non-hydrogen) atoms. The van der Waals surface area contributed by atoms with Gasteiger partial charge in [0.2, 0.25) is 0 Å². The molecule has 0 aliphatic carbocycles. The van der Waals surface area contributed by atoms with Gasteiger partial charge in [-0.3, -0.25) is 4.79 Å². The molecule has 0 saturated carbocycles. The van der Waals surface area contributed by atoms with Crippen LogP contribution in [0.25, 0.3) is 11.1 Å². The standard InChI is InChI=1S/C27H22N2O3/c30-25-12-6-4-10-23(25)18-28-29-27(31)22-16-14-20(15-17-22)19-32-26-13-7-5-11-24(26)21-8-2-1-3-9-21/h1-18,30H,19H2,(H,29,31). The highest BCUT2D eigenvalue weighted by Crippen LogP contribution is 2.30. The number of phenols is 1. The highest BCUT2D eigenvalue weighted by atomic mass is 16.5. The van der Waals surface area contributed by atoms with Gasteiger partial charge in [0.1, 0.15) is 18.1 Å². The molecule has 0 fully saturated rings. The van der Waals surface area contributed by atoms with E-state index in [9.17, 15) is 9.90 Å². The first kappa shape index (κ1) is 20.9. The maximum Gasteiger partial charge on any atom is 0.271 e. The fourth-order valence-corrected chi connectivity index (χ4v) is 3.18. The average molecular weight is 422 g/mol. The van der Waals surface area contributed by atoms with Crippen LogP contribution in [-0.4, -0.2) is 17.2 Å². The molecule has 0 spiro atoms. The van der Waals surface area contributed by atoms with Crippen molar-refractivity contribution in [1.82, 2.24) is 5.43 Å². The van der Waals surface area contributed by atoms with Crippen molar-refractivity contribution in [3.8, 4) is 22.6 Å². The third-order valence-electron chi connectivity index (χ3n) is 4.89. The third kappa shape index (κ3) is 5.21. The van der Waals surface area contributed by atoms with E-state index in [0.717, 1.165) is 22.4 Å². The fraction of sp³-hybridized carbons (Fsp3) is 0.0370. The van der Waals surface area contributed by atoms with E-state index in [-0.39, 0.29) is 11.7 Å². The number of hydrazone groups is 1. The highest BCUT2D eigenvalue weighted by molar-refractivity contribution is 5.95. The van der Waals surface area contributed by atoms with E-state index in [2.05, 4.69) is 22.7 Å². The Labute approximate surface area is 186 Å². The zero-order valence-corrected chi connectivity index (χ0v) is 17.3. The number of phenolic OH excluding ortho intramolecular Hbond substituents is 1. The van der Waals surface area contributed by atoms with E-state index >= 15 is 0 Å². The summed E-state index contributed by atoms with van der Waals surface area (Å²) in [6.45, 7) is 0.386. The topological polar surface area (TPSA) is 70.9 Å². The summed E-state index contributed by atoms with van der Waals surface area (Å²) in [6.07, 6.45) is 1.40. The first-order valence-corrected chi connectivity index (χ1v) is 10.2. The van der Waals surface area contributed by atoms with Gasteiger partial charge in [-0.25, -0.2) is 5.43 Å². The summed E-state index contributed by atoms with van der Waals surface area (Å²) in [7, 11) is 0. The van der Waals surface area contributed by atoms with Gasteiger partial charge < -0.3 is 9.84 Å². The molecular weight excluding hydrogens is 400 g/mol. The molecule has 0 radical (unpaired) electrons. The van der Waals surface area contributed by atoms with Crippen molar-refractivity contribution in [2.24, 2.45) is 5.10 Å². The van der Waals surface area contributed by atoms with Gasteiger partial charge in [-0.05, 0) is 41.5 Å². The molecule has 5 heteroatoms. The first-order valence-electron chi connectivity index (χ1n) is 10.2. The van der Waals surface area contributed by atoms with E-state index < -0.39 is 0 Å². The molecule has 0 heterocycles. The lowest BCUT2D eigenvalue weighted by atomic mass is 10.0. The number of amides is 1. The summed E-state index contributed by atoms with van der Waals surface area (Å²) in [6, 6.07) is 32.0. The van der Waals surface area contributed by atoms with Crippen LogP contribution >= 0.6 is 0 Å². The van der Waals surface area contributed by atoms with Crippen molar-refractivity contribution in [3.63, 3.8) is 0 Å². The number of rotatable bonds is 7. The second-order valence-electron chi connectivity index (χ2n) is 7.11. The molecule has 0 bridgehead atoms. The molecular formula is C27H22N2O3. The van der Waals surface area contributed by atoms with Gasteiger partial charge in [0.05, 0.1) is 6.21 Å². The minimum absolute atomic E-state index is 0.101. The Hall–Kier alpha value is -4.38. The molecule has 158 valence electrons. The van der Waals surface area contributed by atoms with E-state index in [4.69, 9.17) is 4.74 Å². The van der Waals surface area contributed by atoms with Crippen molar-refractivity contribution in [1.29, 1.82) is 0 Å². The number of nitrogens with one attached hydrogen (secondary N) is 1. The lowest BCUT2D eigenvalue weighted by molar-refractivity contribution is 0.0955. The van der Waals surface area contributed by atoms with E-state index in [0.29, 0.717) is 17.7 Å². The number of carbonyl (C=O) groups excluding carboxylic acids is 1. The maximum atomic E-state index is 12.3. The largest absolute Gasteiger partial charge is 0.507 e. The normalized spacial score (nSPS) is 10.8. The Kier molecular flexibility index (Phi) is 6.58. The molecule has 1 amide bonds. The Morgan fingerprint density at radius 3 is 2.31 bits per heavy atom. The summed E-state index contributed by atoms with van der Waals surface area (Å²) in [5, 5.41) is 13.6. The summed E-state index contributed by atoms with van der Waals surface area (Å²) < 4.78 is 6.06. The summed E-state index contributed by atoms with van der Waals surface area (Å²) >= 11 is 0. The number of aromatic hydroxyl groups is 1. The number of hydrogen-bond acceptors (Lipinski definition) is 4. The molecule has 0 saturated heterocycles. The predicted molar refractivity (Wildman–Crippen MR) is 126 cm³/mol. The number of hydrogen-bond donors (Lipinski definition) is 2. The lowest BCUT2D eigenvalue weighted by Gasteiger charge is -2.12. The number of para-hydroxylation sites is 2. The zero-order chi connectivity index (χ0) is 22.2. The smallest absolute Gasteiger partial charge is 0.271 e. The van der Waals surface area contributed by atoms with Crippen molar-refractivity contribution in [2.75, 3.05) is 0 Å². The van der Waals surface area contributed by atoms with Crippen molar-refractivity contribution >= 4 is 12.1 Å². The average Bonchev–Trinajstić information content (AvgIpc) is 2.85. The van der Waals surface area contributed by atoms with Crippen LogP contribution in [0.1, 0.15) is 21.5 Å². The van der Waals surface area contributed by atoms with Crippen LogP contribution in [0.5, 0.6) is 11.5 Å². The van der Waals surface area contributed by atoms with E-state index in [1.165, 1.54) is 6.21 Å². The van der Waals surface area contributed by atoms with Crippen LogP contribution in [0.3, 0.4) is 0 Å². The van der Waals surface area contributed by atoms with Gasteiger partial charge in [0, 0.05) is 16.7 Å². The molecule has 0 unspecified atom stereocenters. The minimum atomic E-state index is -0.335. The Balaban J connectivity index is 1.37. The molecule has 2 N–H and O–H groups in total. The van der Waals surface area contributed by atoms with Crippen molar-refractivity contribution in [2.45, 2.75) is 6.61 Å². The quantitative estimate of drug-likeness (QED) is 0.309. The minimum Gasteiger partial charge on any atom is -0.507 e. The first-order chi connectivity index (χ1) is 15.7. The van der Waals surface area contributed by atoms with Gasteiger partial charge in [-0.15, -0.1) is 0 Å². The number of nitrogens with zero attached hydrogens (tertiary/aromatic N) is 1. The van der Waals surface area contributed by atoms with Crippen LogP contribution in [0.2, 0.25) is 0 Å². The summed E-state index contributed by atoms with van der Waals surface area (Å²) in [5.74, 6) is 0.571. The SMILES string of the molecule is O=C(NN=Cc1ccccc1O)c1ccc(COc2ccccc2-c2ccccc2)cc1. The molecule has 0 aliphatic heterocycles. The molecule has 0 aromatic heterocycles. The lowest BCUT2D eigenvalue weighted by Crippen LogP contribution is -2.17. The monoisotopic (exact) mass is 422 g/mol. The predicted octanol–water partition coefficient (Wildman–Crippen LogP) is 5.40. The number of carbonyl (C=O) groups is 1. The Bertz CT molecular complexity index is 1220. The highest BCUT2D eigenvalue weighted by Gasteiger charge is 2.07. The van der Waals surface area contributed by atoms with Crippen LogP contribution in [0.15, 0.2) is 108 Å². The Morgan fingerprint density at radius 2 is 1.53 bits per heavy atom. The fourth-order valence-electron chi connectivity index (χ4n) is 3.18. The summed E-state index contributed by atoms with van der Waals surface area (Å²) in [5.41, 5.74) is 6.55. The van der Waals surface area contributed by atoms with Gasteiger partial charge in [-0.2, -0.15) is 5.10 Å². The van der Waals surface area contributed by atoms with Crippen LogP contribution in [0, 0.1) is 0 Å². The van der Waals surface area contributed by atoms with E-state index in [1.54, 1.807) is 36.4 Å². The second-order valence-corrected chi connectivity index (χ2v) is 7.11. The van der Waals surface area contributed by atoms with Crippen LogP contribution in [-0.2, 0) is 6.61 Å². The van der Waals surface area contributed by atoms with Crippen molar-refractivity contribution < 1.29 is 14.6 Å². The molecule has 5 nitrogen and oxygen atoms in total. The van der Waals surface area contributed by atoms with E-state index in [1.807, 2.05) is 54.6 Å². The van der Waals surface area contributed by atoms with Crippen molar-refractivity contribution in [3.05, 3.63) is 120 Å². The van der Waals surface area contributed by atoms with Crippen LogP contribution in [0.4, 0.5) is 0 Å². The Morgan fingerprint density at radius 1 is 0.844 bits per heavy atom. The molecule has 4 aromatic rings. The second kappa shape index (κ2) is 10.1. The van der Waals surface area contributed by atoms with Gasteiger partial charge in [0.25, 0.3) is 5.91 Å². The molecule has 0 atom stereocenters. The number of ether oxygens (including phenoxy) is 1. The zero-order valence-electron chi connectivity index (χ0n) is 17.3.